The van der Waals surface area contributed by atoms with E-state index in [1.54, 1.807) is 31.2 Å². The van der Waals surface area contributed by atoms with Crippen LogP contribution in [0.15, 0.2) is 71.5 Å². The van der Waals surface area contributed by atoms with Crippen molar-refractivity contribution in [3.05, 3.63) is 104 Å². The molecule has 0 spiro atoms. The van der Waals surface area contributed by atoms with Crippen molar-refractivity contribution in [1.82, 2.24) is 14.7 Å². The number of hydrogen-bond donors (Lipinski definition) is 0. The molecule has 5 rings (SSSR count). The first kappa shape index (κ1) is 23.2. The van der Waals surface area contributed by atoms with Crippen molar-refractivity contribution < 1.29 is 9.72 Å². The molecule has 1 fully saturated rings. The molecule has 0 atom stereocenters. The van der Waals surface area contributed by atoms with Crippen LogP contribution in [0.2, 0.25) is 0 Å². The number of aromatic nitrogens is 2. The number of aryl methyl sites for hydroxylation is 2. The van der Waals surface area contributed by atoms with Crippen LogP contribution in [0.1, 0.15) is 21.6 Å². The van der Waals surface area contributed by atoms with Gasteiger partial charge in [0.1, 0.15) is 5.69 Å². The Morgan fingerprint density at radius 3 is 2.28 bits per heavy atom. The number of carbonyl (C=O) groups excluding carboxylic acids is 1. The monoisotopic (exact) mass is 483 g/mol. The maximum atomic E-state index is 13.2. The number of fused-ring (bicyclic) bond motifs is 1. The summed E-state index contributed by atoms with van der Waals surface area (Å²) < 4.78 is 1.12. The first-order chi connectivity index (χ1) is 17.3. The number of benzene rings is 3. The molecule has 4 aromatic rings. The molecule has 36 heavy (non-hydrogen) atoms. The third kappa shape index (κ3) is 4.08. The molecule has 0 radical (unpaired) electrons. The minimum absolute atomic E-state index is 0.000435. The molecule has 0 N–H and O–H groups in total. The van der Waals surface area contributed by atoms with E-state index in [1.165, 1.54) is 6.07 Å². The molecule has 0 bridgehead atoms. The lowest BCUT2D eigenvalue weighted by Gasteiger charge is -2.36. The maximum absolute atomic E-state index is 13.2. The van der Waals surface area contributed by atoms with Crippen LogP contribution in [-0.2, 0) is 0 Å². The average Bonchev–Trinajstić information content (AvgIpc) is 2.90. The fraction of sp³-hybridized carbons (Fsp3) is 0.222. The standard InChI is InChI=1S/C27H25N5O4/c1-18-7-3-4-8-21(18)26(33)30-15-13-29(14-16-30)20-11-12-24(32(35)36)25(17-20)31-27(34)23-10-6-5-9-22(23)19(2)28-31/h3-12,17H,13-16H2,1-2H3. The van der Waals surface area contributed by atoms with Gasteiger partial charge in [-0.2, -0.15) is 9.78 Å². The topological polar surface area (TPSA) is 102 Å². The van der Waals surface area contributed by atoms with Crippen molar-refractivity contribution in [1.29, 1.82) is 0 Å². The van der Waals surface area contributed by atoms with Gasteiger partial charge in [-0.25, -0.2) is 0 Å². The Labute approximate surface area is 207 Å². The lowest BCUT2D eigenvalue weighted by molar-refractivity contribution is -0.384. The van der Waals surface area contributed by atoms with E-state index in [9.17, 15) is 19.7 Å². The third-order valence-corrected chi connectivity index (χ3v) is 6.68. The fourth-order valence-electron chi connectivity index (χ4n) is 4.70. The van der Waals surface area contributed by atoms with Crippen molar-refractivity contribution in [2.24, 2.45) is 0 Å². The summed E-state index contributed by atoms with van der Waals surface area (Å²) in [6, 6.07) is 19.4. The molecule has 2 heterocycles. The maximum Gasteiger partial charge on any atom is 0.295 e. The van der Waals surface area contributed by atoms with Crippen molar-refractivity contribution in [2.75, 3.05) is 31.1 Å². The van der Waals surface area contributed by atoms with Crippen LogP contribution >= 0.6 is 0 Å². The number of nitrogens with zero attached hydrogens (tertiary/aromatic N) is 5. The summed E-state index contributed by atoms with van der Waals surface area (Å²) in [5, 5.41) is 17.4. The molecular weight excluding hydrogens is 458 g/mol. The molecule has 0 unspecified atom stereocenters. The highest BCUT2D eigenvalue weighted by Gasteiger charge is 2.26. The predicted molar refractivity (Wildman–Crippen MR) is 138 cm³/mol. The van der Waals surface area contributed by atoms with Gasteiger partial charge in [0.2, 0.25) is 0 Å². The van der Waals surface area contributed by atoms with Gasteiger partial charge in [-0.1, -0.05) is 36.4 Å². The Hall–Kier alpha value is -4.53. The van der Waals surface area contributed by atoms with E-state index >= 15 is 0 Å². The number of rotatable bonds is 4. The quantitative estimate of drug-likeness (QED) is 0.323. The summed E-state index contributed by atoms with van der Waals surface area (Å²) in [5.41, 5.74) is 2.48. The van der Waals surface area contributed by atoms with E-state index in [-0.39, 0.29) is 17.3 Å². The number of nitro groups is 1. The van der Waals surface area contributed by atoms with E-state index in [1.807, 2.05) is 48.2 Å². The highest BCUT2D eigenvalue weighted by atomic mass is 16.6. The zero-order chi connectivity index (χ0) is 25.4. The Kier molecular flexibility index (Phi) is 5.97. The normalized spacial score (nSPS) is 13.7. The number of amides is 1. The van der Waals surface area contributed by atoms with Gasteiger partial charge in [0.25, 0.3) is 17.2 Å². The Balaban J connectivity index is 1.46. The summed E-state index contributed by atoms with van der Waals surface area (Å²) in [4.78, 5) is 41.4. The second-order valence-corrected chi connectivity index (χ2v) is 8.87. The first-order valence-corrected chi connectivity index (χ1v) is 11.7. The summed E-state index contributed by atoms with van der Waals surface area (Å²) in [7, 11) is 0. The SMILES string of the molecule is Cc1ccccc1C(=O)N1CCN(c2ccc([N+](=O)[O-])c(-n3nc(C)c4ccccc4c3=O)c2)CC1. The summed E-state index contributed by atoms with van der Waals surface area (Å²) in [6.45, 7) is 5.87. The molecule has 1 aromatic heterocycles. The van der Waals surface area contributed by atoms with Gasteiger partial charge in [0, 0.05) is 48.9 Å². The van der Waals surface area contributed by atoms with Gasteiger partial charge in [-0.05, 0) is 43.7 Å². The smallest absolute Gasteiger partial charge is 0.295 e. The Morgan fingerprint density at radius 1 is 0.917 bits per heavy atom. The molecule has 9 heteroatoms. The molecule has 1 saturated heterocycles. The third-order valence-electron chi connectivity index (χ3n) is 6.68. The molecule has 1 aliphatic heterocycles. The van der Waals surface area contributed by atoms with Gasteiger partial charge in [0.05, 0.1) is 16.0 Å². The van der Waals surface area contributed by atoms with E-state index in [4.69, 9.17) is 0 Å². The van der Waals surface area contributed by atoms with E-state index in [0.717, 1.165) is 15.9 Å². The van der Waals surface area contributed by atoms with Gasteiger partial charge in [0.15, 0.2) is 0 Å². The van der Waals surface area contributed by atoms with Crippen LogP contribution in [0.3, 0.4) is 0 Å². The minimum Gasteiger partial charge on any atom is -0.368 e. The van der Waals surface area contributed by atoms with Crippen LogP contribution in [0, 0.1) is 24.0 Å². The molecule has 3 aromatic carbocycles. The molecule has 1 aliphatic rings. The van der Waals surface area contributed by atoms with Crippen molar-refractivity contribution in [2.45, 2.75) is 13.8 Å². The molecule has 0 aliphatic carbocycles. The molecule has 182 valence electrons. The van der Waals surface area contributed by atoms with Crippen molar-refractivity contribution in [3.8, 4) is 5.69 Å². The highest BCUT2D eigenvalue weighted by molar-refractivity contribution is 5.95. The first-order valence-electron chi connectivity index (χ1n) is 11.7. The Morgan fingerprint density at radius 2 is 1.58 bits per heavy atom. The Bertz CT molecular complexity index is 1550. The van der Waals surface area contributed by atoms with E-state index in [2.05, 4.69) is 10.00 Å². The molecule has 1 amide bonds. The fourth-order valence-corrected chi connectivity index (χ4v) is 4.70. The second kappa shape index (κ2) is 9.26. The highest BCUT2D eigenvalue weighted by Crippen LogP contribution is 2.29. The summed E-state index contributed by atoms with van der Waals surface area (Å²) in [5.74, 6) is -0.000435. The molecule has 9 nitrogen and oxygen atoms in total. The lowest BCUT2D eigenvalue weighted by atomic mass is 10.1. The van der Waals surface area contributed by atoms with Gasteiger partial charge < -0.3 is 9.80 Å². The van der Waals surface area contributed by atoms with Gasteiger partial charge in [-0.15, -0.1) is 0 Å². The second-order valence-electron chi connectivity index (χ2n) is 8.87. The minimum atomic E-state index is -0.503. The lowest BCUT2D eigenvalue weighted by Crippen LogP contribution is -2.49. The number of carbonyl (C=O) groups is 1. The summed E-state index contributed by atoms with van der Waals surface area (Å²) in [6.07, 6.45) is 0. The number of piperazine rings is 1. The van der Waals surface area contributed by atoms with Gasteiger partial charge in [-0.3, -0.25) is 19.7 Å². The van der Waals surface area contributed by atoms with Crippen molar-refractivity contribution in [3.63, 3.8) is 0 Å². The van der Waals surface area contributed by atoms with Gasteiger partial charge >= 0.3 is 0 Å². The molecular formula is C27H25N5O4. The average molecular weight is 484 g/mol. The number of nitro benzene ring substituents is 1. The van der Waals surface area contributed by atoms with Crippen LogP contribution in [0.4, 0.5) is 11.4 Å². The van der Waals surface area contributed by atoms with Crippen LogP contribution in [0.25, 0.3) is 16.5 Å². The van der Waals surface area contributed by atoms with Crippen molar-refractivity contribution >= 4 is 28.1 Å². The van der Waals surface area contributed by atoms with Crippen LogP contribution in [-0.4, -0.2) is 51.7 Å². The van der Waals surface area contributed by atoms with Crippen LogP contribution < -0.4 is 10.5 Å². The largest absolute Gasteiger partial charge is 0.368 e. The summed E-state index contributed by atoms with van der Waals surface area (Å²) >= 11 is 0. The zero-order valence-electron chi connectivity index (χ0n) is 20.0. The number of hydrogen-bond acceptors (Lipinski definition) is 6. The zero-order valence-corrected chi connectivity index (χ0v) is 20.0. The van der Waals surface area contributed by atoms with Crippen LogP contribution in [0.5, 0.6) is 0 Å². The number of anilines is 1. The predicted octanol–water partition coefficient (Wildman–Crippen LogP) is 3.87. The molecule has 0 saturated carbocycles. The van der Waals surface area contributed by atoms with E-state index < -0.39 is 10.5 Å². The van der Waals surface area contributed by atoms with E-state index in [0.29, 0.717) is 48.2 Å².